The number of rotatable bonds is 4. The molecule has 17 heavy (non-hydrogen) atoms. The average Bonchev–Trinajstić information content (AvgIpc) is 2.39. The van der Waals surface area contributed by atoms with Gasteiger partial charge in [-0.2, -0.15) is 17.0 Å². The van der Waals surface area contributed by atoms with Gasteiger partial charge in [0.2, 0.25) is 0 Å². The molecular formula is C14H17NOS. The highest BCUT2D eigenvalue weighted by molar-refractivity contribution is 7.99. The first-order valence-corrected chi connectivity index (χ1v) is 7.15. The van der Waals surface area contributed by atoms with Crippen molar-refractivity contribution < 1.29 is 4.74 Å². The molecule has 0 aliphatic carbocycles. The summed E-state index contributed by atoms with van der Waals surface area (Å²) in [5.74, 6) is 3.09. The van der Waals surface area contributed by atoms with Gasteiger partial charge in [0.1, 0.15) is 12.4 Å². The predicted molar refractivity (Wildman–Crippen MR) is 71.3 cm³/mol. The first kappa shape index (κ1) is 12.3. The molecule has 1 unspecified atom stereocenters. The van der Waals surface area contributed by atoms with E-state index < -0.39 is 0 Å². The molecule has 1 aliphatic rings. The summed E-state index contributed by atoms with van der Waals surface area (Å²) in [6.45, 7) is 2.68. The topological polar surface area (TPSA) is 33.0 Å². The summed E-state index contributed by atoms with van der Waals surface area (Å²) in [6, 6.07) is 10.5. The van der Waals surface area contributed by atoms with Crippen LogP contribution in [0.15, 0.2) is 24.3 Å². The molecule has 0 N–H and O–H groups in total. The lowest BCUT2D eigenvalue weighted by Crippen LogP contribution is -2.34. The number of nitrogens with zero attached hydrogens (tertiary/aromatic N) is 1. The van der Waals surface area contributed by atoms with E-state index >= 15 is 0 Å². The van der Waals surface area contributed by atoms with Crippen LogP contribution in [0.5, 0.6) is 5.75 Å². The second-order valence-electron chi connectivity index (χ2n) is 4.41. The van der Waals surface area contributed by atoms with E-state index in [1.54, 1.807) is 0 Å². The third-order valence-electron chi connectivity index (χ3n) is 3.17. The molecule has 0 amide bonds. The van der Waals surface area contributed by atoms with E-state index in [1.165, 1.54) is 5.56 Å². The van der Waals surface area contributed by atoms with E-state index in [4.69, 9.17) is 4.74 Å². The highest BCUT2D eigenvalue weighted by Crippen LogP contribution is 2.37. The Morgan fingerprint density at radius 1 is 1.47 bits per heavy atom. The minimum atomic E-state index is -0.323. The molecule has 1 atom stereocenters. The maximum Gasteiger partial charge on any atom is 0.122 e. The summed E-state index contributed by atoms with van der Waals surface area (Å²) in [7, 11) is 0. The van der Waals surface area contributed by atoms with Crippen LogP contribution in [0.2, 0.25) is 0 Å². The molecule has 1 aromatic carbocycles. The van der Waals surface area contributed by atoms with Crippen molar-refractivity contribution in [3.05, 3.63) is 29.8 Å². The largest absolute Gasteiger partial charge is 0.492 e. The van der Waals surface area contributed by atoms with Gasteiger partial charge >= 0.3 is 0 Å². The SMILES string of the molecule is CCSCCC1(C#N)COc2ccccc2C1. The zero-order chi connectivity index (χ0) is 12.1. The zero-order valence-electron chi connectivity index (χ0n) is 10.1. The molecule has 90 valence electrons. The summed E-state index contributed by atoms with van der Waals surface area (Å²) in [5, 5.41) is 9.43. The van der Waals surface area contributed by atoms with Crippen LogP contribution < -0.4 is 4.74 Å². The number of benzene rings is 1. The predicted octanol–water partition coefficient (Wildman–Crippen LogP) is 3.27. The van der Waals surface area contributed by atoms with Crippen LogP contribution >= 0.6 is 11.8 Å². The second-order valence-corrected chi connectivity index (χ2v) is 5.81. The molecule has 0 fully saturated rings. The monoisotopic (exact) mass is 247 g/mol. The highest BCUT2D eigenvalue weighted by atomic mass is 32.2. The molecule has 1 aromatic rings. The van der Waals surface area contributed by atoms with E-state index in [9.17, 15) is 5.26 Å². The van der Waals surface area contributed by atoms with Crippen LogP contribution in [0.4, 0.5) is 0 Å². The number of fused-ring (bicyclic) bond motifs is 1. The van der Waals surface area contributed by atoms with Crippen molar-refractivity contribution in [2.45, 2.75) is 19.8 Å². The fourth-order valence-electron chi connectivity index (χ4n) is 2.12. The highest BCUT2D eigenvalue weighted by Gasteiger charge is 2.35. The quantitative estimate of drug-likeness (QED) is 0.766. The Morgan fingerprint density at radius 3 is 3.06 bits per heavy atom. The Bertz CT molecular complexity index is 426. The molecule has 2 nitrogen and oxygen atoms in total. The average molecular weight is 247 g/mol. The lowest BCUT2D eigenvalue weighted by molar-refractivity contribution is 0.166. The van der Waals surface area contributed by atoms with Crippen molar-refractivity contribution >= 4 is 11.8 Å². The summed E-state index contributed by atoms with van der Waals surface area (Å²) in [6.07, 6.45) is 1.74. The van der Waals surface area contributed by atoms with Crippen LogP contribution in [0.25, 0.3) is 0 Å². The molecule has 0 bridgehead atoms. The number of hydrogen-bond donors (Lipinski definition) is 0. The summed E-state index contributed by atoms with van der Waals surface area (Å²) < 4.78 is 5.73. The molecule has 0 spiro atoms. The molecule has 1 aliphatic heterocycles. The third kappa shape index (κ3) is 2.76. The molecule has 2 rings (SSSR count). The van der Waals surface area contributed by atoms with Gasteiger partial charge in [0.15, 0.2) is 0 Å². The van der Waals surface area contributed by atoms with Gasteiger partial charge in [-0.3, -0.25) is 0 Å². The Balaban J connectivity index is 2.10. The van der Waals surface area contributed by atoms with Gasteiger partial charge in [0.05, 0.1) is 11.5 Å². The first-order valence-electron chi connectivity index (χ1n) is 5.99. The van der Waals surface area contributed by atoms with Gasteiger partial charge < -0.3 is 4.74 Å². The van der Waals surface area contributed by atoms with Crippen LogP contribution in [-0.4, -0.2) is 18.1 Å². The molecule has 0 aromatic heterocycles. The Labute approximate surface area is 107 Å². The minimum absolute atomic E-state index is 0.323. The lowest BCUT2D eigenvalue weighted by Gasteiger charge is -2.32. The molecule has 0 saturated carbocycles. The normalized spacial score (nSPS) is 22.4. The van der Waals surface area contributed by atoms with E-state index in [-0.39, 0.29) is 5.41 Å². The number of thioether (sulfide) groups is 1. The molecule has 3 heteroatoms. The van der Waals surface area contributed by atoms with Gasteiger partial charge in [0, 0.05) is 0 Å². The maximum atomic E-state index is 9.43. The summed E-state index contributed by atoms with van der Waals surface area (Å²) in [5.41, 5.74) is 0.845. The van der Waals surface area contributed by atoms with Crippen LogP contribution in [-0.2, 0) is 6.42 Å². The van der Waals surface area contributed by atoms with Gasteiger partial charge in [-0.1, -0.05) is 25.1 Å². The van der Waals surface area contributed by atoms with Crippen LogP contribution in [0, 0.1) is 16.7 Å². The standard InChI is InChI=1S/C14H17NOS/c1-2-17-8-7-14(10-15)9-12-5-3-4-6-13(12)16-11-14/h3-6H,2,7-9,11H2,1H3. The van der Waals surface area contributed by atoms with E-state index in [1.807, 2.05) is 30.0 Å². The molecule has 0 radical (unpaired) electrons. The summed E-state index contributed by atoms with van der Waals surface area (Å²) >= 11 is 1.89. The second kappa shape index (κ2) is 5.46. The van der Waals surface area contributed by atoms with Gasteiger partial charge in [-0.15, -0.1) is 0 Å². The van der Waals surface area contributed by atoms with Gasteiger partial charge in [0.25, 0.3) is 0 Å². The van der Waals surface area contributed by atoms with Crippen molar-refractivity contribution in [3.63, 3.8) is 0 Å². The van der Waals surface area contributed by atoms with Crippen LogP contribution in [0.3, 0.4) is 0 Å². The van der Waals surface area contributed by atoms with Gasteiger partial charge in [-0.05, 0) is 36.0 Å². The lowest BCUT2D eigenvalue weighted by atomic mass is 9.79. The Kier molecular flexibility index (Phi) is 3.96. The Morgan fingerprint density at radius 2 is 2.29 bits per heavy atom. The molecule has 1 heterocycles. The van der Waals surface area contributed by atoms with Crippen molar-refractivity contribution in [3.8, 4) is 11.8 Å². The van der Waals surface area contributed by atoms with E-state index in [2.05, 4.69) is 19.1 Å². The number of hydrogen-bond acceptors (Lipinski definition) is 3. The maximum absolute atomic E-state index is 9.43. The van der Waals surface area contributed by atoms with Crippen LogP contribution in [0.1, 0.15) is 18.9 Å². The van der Waals surface area contributed by atoms with Crippen molar-refractivity contribution in [1.82, 2.24) is 0 Å². The third-order valence-corrected chi connectivity index (χ3v) is 4.07. The van der Waals surface area contributed by atoms with Crippen molar-refractivity contribution in [2.75, 3.05) is 18.1 Å². The van der Waals surface area contributed by atoms with Gasteiger partial charge in [-0.25, -0.2) is 0 Å². The van der Waals surface area contributed by atoms with Crippen molar-refractivity contribution in [1.29, 1.82) is 5.26 Å². The minimum Gasteiger partial charge on any atom is -0.492 e. The first-order chi connectivity index (χ1) is 8.29. The van der Waals surface area contributed by atoms with E-state index in [0.29, 0.717) is 6.61 Å². The molecular weight excluding hydrogens is 230 g/mol. The smallest absolute Gasteiger partial charge is 0.122 e. The summed E-state index contributed by atoms with van der Waals surface area (Å²) in [4.78, 5) is 0. The Hall–Kier alpha value is -1.14. The number of ether oxygens (including phenoxy) is 1. The molecule has 0 saturated heterocycles. The number of nitriles is 1. The fraction of sp³-hybridized carbons (Fsp3) is 0.500. The number of para-hydroxylation sites is 1. The fourth-order valence-corrected chi connectivity index (χ4v) is 2.95. The van der Waals surface area contributed by atoms with Crippen molar-refractivity contribution in [2.24, 2.45) is 5.41 Å². The zero-order valence-corrected chi connectivity index (χ0v) is 10.9. The van der Waals surface area contributed by atoms with E-state index in [0.717, 1.165) is 30.1 Å².